The van der Waals surface area contributed by atoms with Gasteiger partial charge in [-0.05, 0) is 31.9 Å². The molecule has 0 aliphatic carbocycles. The van der Waals surface area contributed by atoms with Gasteiger partial charge in [-0.3, -0.25) is 9.59 Å². The van der Waals surface area contributed by atoms with Gasteiger partial charge in [0.05, 0.1) is 0 Å². The van der Waals surface area contributed by atoms with Gasteiger partial charge in [-0.25, -0.2) is 0 Å². The zero-order valence-corrected chi connectivity index (χ0v) is 12.9. The van der Waals surface area contributed by atoms with E-state index in [1.165, 1.54) is 0 Å². The highest BCUT2D eigenvalue weighted by Gasteiger charge is 2.11. The Morgan fingerprint density at radius 3 is 2.18 bits per heavy atom. The van der Waals surface area contributed by atoms with Crippen molar-refractivity contribution >= 4 is 23.3 Å². The van der Waals surface area contributed by atoms with Gasteiger partial charge in [0.15, 0.2) is 5.82 Å². The molecule has 0 unspecified atom stereocenters. The van der Waals surface area contributed by atoms with Crippen molar-refractivity contribution < 1.29 is 14.1 Å². The number of hydrogen-bond donors (Lipinski definition) is 2. The lowest BCUT2D eigenvalue weighted by Crippen LogP contribution is -2.18. The quantitative estimate of drug-likeness (QED) is 0.889. The largest absolute Gasteiger partial charge is 0.360 e. The third kappa shape index (κ3) is 4.18. The van der Waals surface area contributed by atoms with Crippen LogP contribution >= 0.6 is 0 Å². The van der Waals surface area contributed by atoms with Gasteiger partial charge in [0.1, 0.15) is 5.76 Å². The predicted molar refractivity (Wildman–Crippen MR) is 83.6 cm³/mol. The summed E-state index contributed by atoms with van der Waals surface area (Å²) in [4.78, 5) is 23.7. The van der Waals surface area contributed by atoms with E-state index in [1.807, 2.05) is 32.0 Å². The maximum absolute atomic E-state index is 12.0. The average molecular weight is 301 g/mol. The molecular formula is C16H19N3O3. The van der Waals surface area contributed by atoms with Crippen LogP contribution in [0.1, 0.15) is 29.7 Å². The van der Waals surface area contributed by atoms with E-state index in [0.29, 0.717) is 11.6 Å². The highest BCUT2D eigenvalue weighted by Crippen LogP contribution is 2.19. The summed E-state index contributed by atoms with van der Waals surface area (Å²) in [5, 5.41) is 9.10. The van der Waals surface area contributed by atoms with Gasteiger partial charge in [0.2, 0.25) is 11.8 Å². The van der Waals surface area contributed by atoms with Gasteiger partial charge in [-0.1, -0.05) is 23.4 Å². The first kappa shape index (κ1) is 15.8. The minimum Gasteiger partial charge on any atom is -0.360 e. The summed E-state index contributed by atoms with van der Waals surface area (Å²) in [5.74, 6) is 0.509. The van der Waals surface area contributed by atoms with Crippen molar-refractivity contribution in [1.29, 1.82) is 0 Å². The zero-order chi connectivity index (χ0) is 16.1. The van der Waals surface area contributed by atoms with Gasteiger partial charge >= 0.3 is 0 Å². The van der Waals surface area contributed by atoms with Gasteiger partial charge < -0.3 is 15.2 Å². The van der Waals surface area contributed by atoms with Crippen molar-refractivity contribution in [3.05, 3.63) is 41.2 Å². The fourth-order valence-corrected chi connectivity index (χ4v) is 2.07. The molecular weight excluding hydrogens is 282 g/mol. The molecule has 2 amide bonds. The Labute approximate surface area is 128 Å². The minimum absolute atomic E-state index is 0.0860. The molecule has 2 N–H and O–H groups in total. The third-order valence-electron chi connectivity index (χ3n) is 3.22. The summed E-state index contributed by atoms with van der Waals surface area (Å²) < 4.78 is 4.85. The number of anilines is 2. The fourth-order valence-electron chi connectivity index (χ4n) is 2.07. The van der Waals surface area contributed by atoms with Crippen LogP contribution in [0.2, 0.25) is 0 Å². The second-order valence-corrected chi connectivity index (χ2v) is 5.19. The molecule has 0 atom stereocenters. The van der Waals surface area contributed by atoms with Crippen LogP contribution in [0.5, 0.6) is 0 Å². The summed E-state index contributed by atoms with van der Waals surface area (Å²) in [6.07, 6.45) is 0.194. The molecule has 2 aromatic rings. The Balaban J connectivity index is 1.84. The standard InChI is InChI=1S/C16H19N3O3/c1-10-5-4-6-11(2)16(10)18-15(21)8-7-14(20)17-13-9-12(3)22-19-13/h4-6,9H,7-8H2,1-3H3,(H,18,21)(H,17,19,20). The number of benzene rings is 1. The number of carbonyl (C=O) groups is 2. The minimum atomic E-state index is -0.273. The van der Waals surface area contributed by atoms with Crippen LogP contribution in [0.4, 0.5) is 11.5 Å². The first-order valence-corrected chi connectivity index (χ1v) is 7.05. The van der Waals surface area contributed by atoms with Crippen LogP contribution in [-0.4, -0.2) is 17.0 Å². The summed E-state index contributed by atoms with van der Waals surface area (Å²) >= 11 is 0. The van der Waals surface area contributed by atoms with Gasteiger partial charge in [0, 0.05) is 24.6 Å². The van der Waals surface area contributed by atoms with Crippen LogP contribution in [0.25, 0.3) is 0 Å². The van der Waals surface area contributed by atoms with Crippen LogP contribution in [-0.2, 0) is 9.59 Å². The van der Waals surface area contributed by atoms with E-state index in [4.69, 9.17) is 4.52 Å². The normalized spacial score (nSPS) is 10.3. The number of hydrogen-bond acceptors (Lipinski definition) is 4. The monoisotopic (exact) mass is 301 g/mol. The van der Waals surface area contributed by atoms with Crippen molar-refractivity contribution in [2.45, 2.75) is 33.6 Å². The molecule has 22 heavy (non-hydrogen) atoms. The van der Waals surface area contributed by atoms with E-state index in [-0.39, 0.29) is 24.7 Å². The number of nitrogens with one attached hydrogen (secondary N) is 2. The van der Waals surface area contributed by atoms with Crippen molar-refractivity contribution in [2.24, 2.45) is 0 Å². The number of aryl methyl sites for hydroxylation is 3. The molecule has 0 bridgehead atoms. The number of nitrogens with zero attached hydrogens (tertiary/aromatic N) is 1. The molecule has 0 saturated carbocycles. The number of aromatic nitrogens is 1. The van der Waals surface area contributed by atoms with Gasteiger partial charge in [0.25, 0.3) is 0 Å². The first-order chi connectivity index (χ1) is 10.5. The molecule has 0 spiro atoms. The first-order valence-electron chi connectivity index (χ1n) is 7.05. The summed E-state index contributed by atoms with van der Waals surface area (Å²) in [5.41, 5.74) is 2.80. The molecule has 0 fully saturated rings. The molecule has 116 valence electrons. The van der Waals surface area contributed by atoms with E-state index >= 15 is 0 Å². The number of rotatable bonds is 5. The molecule has 0 saturated heterocycles. The summed E-state index contributed by atoms with van der Waals surface area (Å²) in [7, 11) is 0. The number of carbonyl (C=O) groups excluding carboxylic acids is 2. The molecule has 6 nitrogen and oxygen atoms in total. The van der Waals surface area contributed by atoms with Crippen LogP contribution in [0, 0.1) is 20.8 Å². The van der Waals surface area contributed by atoms with Gasteiger partial charge in [-0.2, -0.15) is 0 Å². The summed E-state index contributed by atoms with van der Waals surface area (Å²) in [6, 6.07) is 7.42. The number of para-hydroxylation sites is 1. The Kier molecular flexibility index (Phi) is 4.93. The summed E-state index contributed by atoms with van der Waals surface area (Å²) in [6.45, 7) is 5.60. The molecule has 0 radical (unpaired) electrons. The predicted octanol–water partition coefficient (Wildman–Crippen LogP) is 2.96. The number of amides is 2. The molecule has 0 aliphatic heterocycles. The highest BCUT2D eigenvalue weighted by molar-refractivity contribution is 5.97. The SMILES string of the molecule is Cc1cc(NC(=O)CCC(=O)Nc2c(C)cccc2C)no1. The van der Waals surface area contributed by atoms with E-state index in [9.17, 15) is 9.59 Å². The molecule has 1 heterocycles. The zero-order valence-electron chi connectivity index (χ0n) is 12.9. The average Bonchev–Trinajstić information content (AvgIpc) is 2.86. The van der Waals surface area contributed by atoms with Crippen molar-refractivity contribution in [3.63, 3.8) is 0 Å². The lowest BCUT2D eigenvalue weighted by molar-refractivity contribution is -0.121. The van der Waals surface area contributed by atoms with Crippen LogP contribution < -0.4 is 10.6 Å². The van der Waals surface area contributed by atoms with Crippen LogP contribution in [0.3, 0.4) is 0 Å². The second kappa shape index (κ2) is 6.89. The molecule has 2 rings (SSSR count). The topological polar surface area (TPSA) is 84.2 Å². The van der Waals surface area contributed by atoms with Crippen LogP contribution in [0.15, 0.2) is 28.8 Å². The molecule has 6 heteroatoms. The van der Waals surface area contributed by atoms with E-state index in [1.54, 1.807) is 13.0 Å². The van der Waals surface area contributed by atoms with E-state index < -0.39 is 0 Å². The maximum atomic E-state index is 12.0. The van der Waals surface area contributed by atoms with Crippen molar-refractivity contribution in [1.82, 2.24) is 5.16 Å². The van der Waals surface area contributed by atoms with E-state index in [0.717, 1.165) is 16.8 Å². The molecule has 0 aliphatic rings. The fraction of sp³-hybridized carbons (Fsp3) is 0.312. The van der Waals surface area contributed by atoms with Crippen molar-refractivity contribution in [3.8, 4) is 0 Å². The Morgan fingerprint density at radius 2 is 1.64 bits per heavy atom. The van der Waals surface area contributed by atoms with Gasteiger partial charge in [-0.15, -0.1) is 0 Å². The Hall–Kier alpha value is -2.63. The molecule has 1 aromatic heterocycles. The maximum Gasteiger partial charge on any atom is 0.226 e. The van der Waals surface area contributed by atoms with Crippen molar-refractivity contribution in [2.75, 3.05) is 10.6 Å². The highest BCUT2D eigenvalue weighted by atomic mass is 16.5. The van der Waals surface area contributed by atoms with E-state index in [2.05, 4.69) is 15.8 Å². The Morgan fingerprint density at radius 1 is 1.05 bits per heavy atom. The lowest BCUT2D eigenvalue weighted by atomic mass is 10.1. The lowest BCUT2D eigenvalue weighted by Gasteiger charge is -2.11. The molecule has 1 aromatic carbocycles. The third-order valence-corrected chi connectivity index (χ3v) is 3.22. The second-order valence-electron chi connectivity index (χ2n) is 5.19. The smallest absolute Gasteiger partial charge is 0.226 e. The Bertz CT molecular complexity index is 671.